The highest BCUT2D eigenvalue weighted by Gasteiger charge is 2.53. The average molecular weight is 437 g/mol. The van der Waals surface area contributed by atoms with Crippen molar-refractivity contribution in [2.24, 2.45) is 17.6 Å². The van der Waals surface area contributed by atoms with E-state index in [1.807, 2.05) is 24.3 Å². The molecule has 7 heteroatoms. The average Bonchev–Trinajstić information content (AvgIpc) is 3.18. The maximum Gasteiger partial charge on any atom is 0.131 e. The van der Waals surface area contributed by atoms with E-state index in [1.54, 1.807) is 0 Å². The molecule has 0 bridgehead atoms. The van der Waals surface area contributed by atoms with Crippen LogP contribution in [0.5, 0.6) is 0 Å². The van der Waals surface area contributed by atoms with Crippen molar-refractivity contribution in [2.75, 3.05) is 35.2 Å². The molecule has 1 saturated carbocycles. The van der Waals surface area contributed by atoms with Gasteiger partial charge in [-0.15, -0.1) is 0 Å². The molecule has 0 radical (unpaired) electrons. The van der Waals surface area contributed by atoms with E-state index < -0.39 is 10.6 Å². The van der Waals surface area contributed by atoms with Gasteiger partial charge in [-0.3, -0.25) is 9.11 Å². The molecule has 3 aliphatic rings. The number of hydrogen-bond acceptors (Lipinski definition) is 6. The van der Waals surface area contributed by atoms with E-state index in [-0.39, 0.29) is 0 Å². The first-order valence-corrected chi connectivity index (χ1v) is 12.6. The van der Waals surface area contributed by atoms with Crippen molar-refractivity contribution in [3.05, 3.63) is 59.7 Å². The summed E-state index contributed by atoms with van der Waals surface area (Å²) in [5, 5.41) is 1.18. The number of aromatic nitrogens is 1. The second kappa shape index (κ2) is 6.84. The highest BCUT2D eigenvalue weighted by Crippen LogP contribution is 2.52. The third-order valence-electron chi connectivity index (χ3n) is 7.26. The van der Waals surface area contributed by atoms with Crippen LogP contribution >= 0.6 is 10.6 Å². The normalized spacial score (nSPS) is 27.5. The quantitative estimate of drug-likeness (QED) is 0.562. The molecule has 162 valence electrons. The lowest BCUT2D eigenvalue weighted by Gasteiger charge is -2.32. The predicted molar refractivity (Wildman–Crippen MR) is 127 cm³/mol. The van der Waals surface area contributed by atoms with Crippen LogP contribution in [0.1, 0.15) is 11.1 Å². The standard InChI is InChI=1S/C24H28N4O2S/c1-15-5-4-7-17-20(28-13-18-19(14-28)23(18)25)11-22(26-24(15)17)27-9-10-31(29,30)21-8-3-2-6-16(21)12-27/h2-8,11,18-19,23,29-30H,9-10,12-14,25H2,1H3/t18-,19+,23?. The van der Waals surface area contributed by atoms with Crippen molar-refractivity contribution in [3.63, 3.8) is 0 Å². The zero-order valence-corrected chi connectivity index (χ0v) is 18.4. The summed E-state index contributed by atoms with van der Waals surface area (Å²) >= 11 is 0. The Morgan fingerprint density at radius 1 is 1.03 bits per heavy atom. The lowest BCUT2D eigenvalue weighted by molar-refractivity contribution is 0.488. The van der Waals surface area contributed by atoms with Gasteiger partial charge in [0.05, 0.1) is 16.2 Å². The molecule has 0 spiro atoms. The second-order valence-electron chi connectivity index (χ2n) is 9.18. The molecular formula is C24H28N4O2S. The lowest BCUT2D eigenvalue weighted by Crippen LogP contribution is -2.29. The van der Waals surface area contributed by atoms with Crippen LogP contribution in [0.15, 0.2) is 53.4 Å². The van der Waals surface area contributed by atoms with Crippen LogP contribution in [0.3, 0.4) is 0 Å². The molecule has 3 atom stereocenters. The number of aryl methyl sites for hydroxylation is 1. The number of benzene rings is 2. The van der Waals surface area contributed by atoms with Crippen LogP contribution in [0, 0.1) is 18.8 Å². The fraction of sp³-hybridized carbons (Fsp3) is 0.375. The van der Waals surface area contributed by atoms with Gasteiger partial charge in [-0.05, 0) is 36.0 Å². The number of fused-ring (bicyclic) bond motifs is 3. The summed E-state index contributed by atoms with van der Waals surface area (Å²) < 4.78 is 21.5. The smallest absolute Gasteiger partial charge is 0.131 e. The van der Waals surface area contributed by atoms with E-state index in [0.717, 1.165) is 35.6 Å². The van der Waals surface area contributed by atoms with Crippen LogP contribution in [0.25, 0.3) is 10.9 Å². The van der Waals surface area contributed by atoms with Crippen LogP contribution in [0.2, 0.25) is 0 Å². The second-order valence-corrected chi connectivity index (χ2v) is 11.4. The van der Waals surface area contributed by atoms with E-state index in [9.17, 15) is 9.11 Å². The largest absolute Gasteiger partial charge is 0.370 e. The molecule has 2 aliphatic heterocycles. The Bertz CT molecular complexity index is 1170. The first kappa shape index (κ1) is 19.4. The number of piperidine rings is 1. The van der Waals surface area contributed by atoms with Gasteiger partial charge in [0.15, 0.2) is 0 Å². The zero-order valence-electron chi connectivity index (χ0n) is 17.6. The van der Waals surface area contributed by atoms with Crippen molar-refractivity contribution in [1.82, 2.24) is 4.98 Å². The molecule has 3 heterocycles. The summed E-state index contributed by atoms with van der Waals surface area (Å²) in [6.07, 6.45) is 0. The topological polar surface area (TPSA) is 85.9 Å². The fourth-order valence-corrected chi connectivity index (χ4v) is 6.88. The molecule has 2 aromatic carbocycles. The number of para-hydroxylation sites is 1. The van der Waals surface area contributed by atoms with Crippen molar-refractivity contribution < 1.29 is 9.11 Å². The van der Waals surface area contributed by atoms with Gasteiger partial charge in [0, 0.05) is 49.4 Å². The van der Waals surface area contributed by atoms with Crippen LogP contribution in [-0.2, 0) is 6.54 Å². The zero-order chi connectivity index (χ0) is 21.3. The Morgan fingerprint density at radius 3 is 2.61 bits per heavy atom. The summed E-state index contributed by atoms with van der Waals surface area (Å²) in [5.41, 5.74) is 10.5. The van der Waals surface area contributed by atoms with Gasteiger partial charge in [-0.1, -0.05) is 36.4 Å². The van der Waals surface area contributed by atoms with Gasteiger partial charge in [0.25, 0.3) is 0 Å². The number of pyridine rings is 1. The summed E-state index contributed by atoms with van der Waals surface area (Å²) in [7, 11) is -2.80. The van der Waals surface area contributed by atoms with Gasteiger partial charge in [-0.25, -0.2) is 4.98 Å². The highest BCUT2D eigenvalue weighted by atomic mass is 32.3. The Morgan fingerprint density at radius 2 is 1.81 bits per heavy atom. The molecule has 31 heavy (non-hydrogen) atoms. The molecule has 6 rings (SSSR count). The number of nitrogens with zero attached hydrogens (tertiary/aromatic N) is 3. The molecule has 1 aliphatic carbocycles. The first-order valence-electron chi connectivity index (χ1n) is 10.9. The van der Waals surface area contributed by atoms with Gasteiger partial charge in [-0.2, -0.15) is 10.6 Å². The van der Waals surface area contributed by atoms with Gasteiger partial charge in [0.2, 0.25) is 0 Å². The maximum atomic E-state index is 10.7. The Hall–Kier alpha value is -2.32. The molecule has 0 amide bonds. The minimum absolute atomic E-state index is 0.315. The van der Waals surface area contributed by atoms with Crippen molar-refractivity contribution in [1.29, 1.82) is 0 Å². The van der Waals surface area contributed by atoms with Gasteiger partial charge < -0.3 is 15.5 Å². The molecule has 1 saturated heterocycles. The third kappa shape index (κ3) is 3.10. The maximum absolute atomic E-state index is 10.7. The molecule has 1 aromatic heterocycles. The summed E-state index contributed by atoms with van der Waals surface area (Å²) in [5.74, 6) is 2.42. The Balaban J connectivity index is 1.44. The van der Waals surface area contributed by atoms with Gasteiger partial charge >= 0.3 is 0 Å². The van der Waals surface area contributed by atoms with Crippen LogP contribution < -0.4 is 15.5 Å². The molecule has 4 N–H and O–H groups in total. The molecule has 2 fully saturated rings. The molecule has 6 nitrogen and oxygen atoms in total. The van der Waals surface area contributed by atoms with Crippen LogP contribution in [-0.4, -0.2) is 45.5 Å². The number of hydrogen-bond donors (Lipinski definition) is 3. The Kier molecular flexibility index (Phi) is 4.27. The molecular weight excluding hydrogens is 408 g/mol. The van der Waals surface area contributed by atoms with Crippen molar-refractivity contribution >= 4 is 33.0 Å². The summed E-state index contributed by atoms with van der Waals surface area (Å²) in [6, 6.07) is 16.6. The van der Waals surface area contributed by atoms with E-state index >= 15 is 0 Å². The molecule has 1 unspecified atom stereocenters. The molecule has 3 aromatic rings. The minimum Gasteiger partial charge on any atom is -0.370 e. The Labute approximate surface area is 184 Å². The fourth-order valence-electron chi connectivity index (χ4n) is 5.33. The number of anilines is 2. The monoisotopic (exact) mass is 436 g/mol. The highest BCUT2D eigenvalue weighted by molar-refractivity contribution is 8.24. The van der Waals surface area contributed by atoms with Crippen LogP contribution in [0.4, 0.5) is 11.5 Å². The third-order valence-corrected chi connectivity index (χ3v) is 9.12. The summed E-state index contributed by atoms with van der Waals surface area (Å²) in [4.78, 5) is 10.4. The van der Waals surface area contributed by atoms with Crippen molar-refractivity contribution in [3.8, 4) is 0 Å². The summed E-state index contributed by atoms with van der Waals surface area (Å²) in [6.45, 7) is 5.28. The van der Waals surface area contributed by atoms with E-state index in [1.165, 1.54) is 11.1 Å². The first-order chi connectivity index (χ1) is 14.9. The van der Waals surface area contributed by atoms with E-state index in [0.29, 0.717) is 41.6 Å². The lowest BCUT2D eigenvalue weighted by atomic mass is 10.1. The van der Waals surface area contributed by atoms with Crippen molar-refractivity contribution in [2.45, 2.75) is 24.4 Å². The van der Waals surface area contributed by atoms with Gasteiger partial charge in [0.1, 0.15) is 5.82 Å². The predicted octanol–water partition coefficient (Wildman–Crippen LogP) is 4.07. The number of rotatable bonds is 2. The van der Waals surface area contributed by atoms with E-state index in [2.05, 4.69) is 41.0 Å². The SMILES string of the molecule is Cc1cccc2c(N3C[C@@H]4C(N)[C@@H]4C3)cc(N3CCS(O)(O)c4ccccc4C3)nc12. The number of nitrogens with two attached hydrogens (primary N) is 1. The van der Waals surface area contributed by atoms with E-state index in [4.69, 9.17) is 10.7 Å². The minimum atomic E-state index is -2.80.